The summed E-state index contributed by atoms with van der Waals surface area (Å²) in [6.07, 6.45) is 31.4. The molecule has 0 saturated heterocycles. The fourth-order valence-electron chi connectivity index (χ4n) is 6.39. The van der Waals surface area contributed by atoms with Gasteiger partial charge in [-0.25, -0.2) is 9.59 Å². The predicted octanol–water partition coefficient (Wildman–Crippen LogP) is 13.6. The molecule has 1 aromatic rings. The van der Waals surface area contributed by atoms with Crippen molar-refractivity contribution < 1.29 is 38.3 Å². The number of carbonyl (C=O) groups is 3. The molecule has 0 amide bonds. The summed E-state index contributed by atoms with van der Waals surface area (Å²) in [7, 11) is 0. The lowest BCUT2D eigenvalue weighted by atomic mass is 9.95. The van der Waals surface area contributed by atoms with Crippen molar-refractivity contribution in [3.63, 3.8) is 0 Å². The number of rotatable bonds is 35. The maximum absolute atomic E-state index is 14.2. The summed E-state index contributed by atoms with van der Waals surface area (Å²) in [6.45, 7) is 8.00. The maximum Gasteiger partial charge on any atom is 0.514 e. The van der Waals surface area contributed by atoms with E-state index in [-0.39, 0.29) is 30.4 Å². The average Bonchev–Trinajstić information content (AvgIpc) is 3.19. The summed E-state index contributed by atoms with van der Waals surface area (Å²) in [4.78, 5) is 51.1. The first kappa shape index (κ1) is 50.3. The normalized spacial score (nSPS) is 12.6. The second kappa shape index (κ2) is 33.4. The quantitative estimate of drug-likeness (QED) is 0.0125. The van der Waals surface area contributed by atoms with Crippen molar-refractivity contribution in [3.8, 4) is 5.75 Å². The molecule has 1 aromatic carbocycles. The molecule has 0 aromatic heterocycles. The minimum absolute atomic E-state index is 0.0402. The van der Waals surface area contributed by atoms with Crippen LogP contribution >= 0.6 is 0 Å². The Labute approximate surface area is 338 Å². The standard InChI is InChI=1S/C46H75NO9/c1-5-9-13-15-17-18-19-20-21-22-23-24-25-27-29-33-43(48)56-46(38-30-28-26-16-14-10-6-2,44(49)54-41(31-11-7-3)32-12-8-4)39-53-45(50)55-42-36-34-40(35-37-42)47(51)52/h17-18,20-21,34-37,41H,5-16,19,22-33,38-39H2,1-4H3/b18-17-,21-20-. The number of hydrogen-bond acceptors (Lipinski definition) is 9. The van der Waals surface area contributed by atoms with Gasteiger partial charge in [-0.15, -0.1) is 0 Å². The van der Waals surface area contributed by atoms with Crippen LogP contribution in [0, 0.1) is 10.1 Å². The fourth-order valence-corrected chi connectivity index (χ4v) is 6.39. The summed E-state index contributed by atoms with van der Waals surface area (Å²) in [5.41, 5.74) is -1.98. The number of hydrogen-bond donors (Lipinski definition) is 0. The molecule has 0 heterocycles. The first-order chi connectivity index (χ1) is 27.2. The zero-order valence-corrected chi connectivity index (χ0v) is 35.4. The third kappa shape index (κ3) is 24.7. The van der Waals surface area contributed by atoms with E-state index in [1.54, 1.807) is 0 Å². The second-order valence-corrected chi connectivity index (χ2v) is 15.0. The van der Waals surface area contributed by atoms with Crippen molar-refractivity contribution >= 4 is 23.8 Å². The molecule has 0 aliphatic rings. The van der Waals surface area contributed by atoms with E-state index in [1.807, 2.05) is 0 Å². The predicted molar refractivity (Wildman–Crippen MR) is 225 cm³/mol. The number of nitro benzene ring substituents is 1. The zero-order valence-electron chi connectivity index (χ0n) is 35.4. The molecule has 10 heteroatoms. The topological polar surface area (TPSA) is 131 Å². The number of non-ortho nitro benzene ring substituents is 1. The molecular weight excluding hydrogens is 711 g/mol. The number of unbranched alkanes of at least 4 members (excludes halogenated alkanes) is 16. The molecular formula is C46H75NO9. The number of allylic oxidation sites excluding steroid dienone is 4. The molecule has 0 aliphatic carbocycles. The molecule has 0 N–H and O–H groups in total. The molecule has 1 unspecified atom stereocenters. The largest absolute Gasteiger partial charge is 0.514 e. The van der Waals surface area contributed by atoms with Crippen LogP contribution < -0.4 is 4.74 Å². The van der Waals surface area contributed by atoms with E-state index in [0.717, 1.165) is 103 Å². The second-order valence-electron chi connectivity index (χ2n) is 15.0. The lowest BCUT2D eigenvalue weighted by Crippen LogP contribution is -2.50. The SMILES string of the molecule is CCCCC/C=C\C/C=C\CCCCCCCC(=O)OC(CCCCCCCCC)(COC(=O)Oc1ccc([N+](=O)[O-])cc1)C(=O)OC(CCCC)CCCC. The first-order valence-electron chi connectivity index (χ1n) is 22.0. The van der Waals surface area contributed by atoms with Gasteiger partial charge in [0.25, 0.3) is 5.69 Å². The maximum atomic E-state index is 14.2. The van der Waals surface area contributed by atoms with E-state index in [9.17, 15) is 24.5 Å². The number of nitro groups is 1. The van der Waals surface area contributed by atoms with Crippen molar-refractivity contribution in [2.75, 3.05) is 6.61 Å². The number of nitrogens with zero attached hydrogens (tertiary/aromatic N) is 1. The van der Waals surface area contributed by atoms with E-state index in [1.165, 1.54) is 49.9 Å². The van der Waals surface area contributed by atoms with Crippen LogP contribution in [0.3, 0.4) is 0 Å². The Morgan fingerprint density at radius 2 is 1.20 bits per heavy atom. The highest BCUT2D eigenvalue weighted by molar-refractivity contribution is 5.84. The summed E-state index contributed by atoms with van der Waals surface area (Å²) < 4.78 is 23.0. The highest BCUT2D eigenvalue weighted by Gasteiger charge is 2.46. The smallest absolute Gasteiger partial charge is 0.459 e. The molecule has 1 rings (SSSR count). The molecule has 1 atom stereocenters. The highest BCUT2D eigenvalue weighted by atomic mass is 16.7. The van der Waals surface area contributed by atoms with Crippen LogP contribution in [0.5, 0.6) is 5.75 Å². The Hall–Kier alpha value is -3.69. The van der Waals surface area contributed by atoms with Gasteiger partial charge in [-0.2, -0.15) is 0 Å². The Morgan fingerprint density at radius 3 is 1.79 bits per heavy atom. The van der Waals surface area contributed by atoms with Crippen LogP contribution in [-0.4, -0.2) is 41.3 Å². The van der Waals surface area contributed by atoms with E-state index in [4.69, 9.17) is 18.9 Å². The molecule has 0 spiro atoms. The van der Waals surface area contributed by atoms with E-state index in [0.29, 0.717) is 25.7 Å². The van der Waals surface area contributed by atoms with Crippen molar-refractivity contribution in [2.45, 2.75) is 206 Å². The monoisotopic (exact) mass is 786 g/mol. The van der Waals surface area contributed by atoms with Gasteiger partial charge in [0.2, 0.25) is 5.60 Å². The fraction of sp³-hybridized carbons (Fsp3) is 0.717. The van der Waals surface area contributed by atoms with E-state index >= 15 is 0 Å². The van der Waals surface area contributed by atoms with Gasteiger partial charge in [0, 0.05) is 25.0 Å². The van der Waals surface area contributed by atoms with Crippen LogP contribution in [0.4, 0.5) is 10.5 Å². The summed E-state index contributed by atoms with van der Waals surface area (Å²) in [5, 5.41) is 11.1. The molecule has 318 valence electrons. The van der Waals surface area contributed by atoms with Gasteiger partial charge < -0.3 is 18.9 Å². The van der Waals surface area contributed by atoms with Gasteiger partial charge in [0.15, 0.2) is 0 Å². The first-order valence-corrected chi connectivity index (χ1v) is 22.0. The van der Waals surface area contributed by atoms with Gasteiger partial charge in [0.1, 0.15) is 18.5 Å². The molecule has 0 bridgehead atoms. The molecule has 56 heavy (non-hydrogen) atoms. The minimum atomic E-state index is -1.83. The Morgan fingerprint density at radius 1 is 0.679 bits per heavy atom. The minimum Gasteiger partial charge on any atom is -0.459 e. The van der Waals surface area contributed by atoms with E-state index < -0.39 is 35.2 Å². The van der Waals surface area contributed by atoms with Gasteiger partial charge in [-0.1, -0.05) is 148 Å². The number of benzene rings is 1. The molecule has 10 nitrogen and oxygen atoms in total. The molecule has 0 radical (unpaired) electrons. The average molecular weight is 786 g/mol. The van der Waals surface area contributed by atoms with Crippen LogP contribution in [0.1, 0.15) is 195 Å². The zero-order chi connectivity index (χ0) is 41.1. The van der Waals surface area contributed by atoms with Crippen LogP contribution in [0.2, 0.25) is 0 Å². The highest BCUT2D eigenvalue weighted by Crippen LogP contribution is 2.28. The van der Waals surface area contributed by atoms with E-state index in [2.05, 4.69) is 52.0 Å². The summed E-state index contributed by atoms with van der Waals surface area (Å²) in [5.74, 6) is -1.18. The summed E-state index contributed by atoms with van der Waals surface area (Å²) in [6, 6.07) is 5.01. The van der Waals surface area contributed by atoms with Gasteiger partial charge in [0.05, 0.1) is 4.92 Å². The molecule has 0 aliphatic heterocycles. The van der Waals surface area contributed by atoms with Crippen LogP contribution in [0.25, 0.3) is 0 Å². The van der Waals surface area contributed by atoms with Crippen LogP contribution in [-0.2, 0) is 23.8 Å². The Bertz CT molecular complexity index is 1240. The lowest BCUT2D eigenvalue weighted by molar-refractivity contribution is -0.384. The van der Waals surface area contributed by atoms with Crippen molar-refractivity contribution in [3.05, 3.63) is 58.7 Å². The van der Waals surface area contributed by atoms with Gasteiger partial charge >= 0.3 is 18.1 Å². The number of ether oxygens (including phenoxy) is 4. The third-order valence-electron chi connectivity index (χ3n) is 9.90. The summed E-state index contributed by atoms with van der Waals surface area (Å²) >= 11 is 0. The van der Waals surface area contributed by atoms with Gasteiger partial charge in [-0.05, 0) is 69.9 Å². The Balaban J connectivity index is 2.98. The van der Waals surface area contributed by atoms with Crippen molar-refractivity contribution in [1.29, 1.82) is 0 Å². The number of carbonyl (C=O) groups excluding carboxylic acids is 3. The van der Waals surface area contributed by atoms with Crippen molar-refractivity contribution in [1.82, 2.24) is 0 Å². The molecule has 0 fully saturated rings. The van der Waals surface area contributed by atoms with Crippen molar-refractivity contribution in [2.24, 2.45) is 0 Å². The van der Waals surface area contributed by atoms with Gasteiger partial charge in [-0.3, -0.25) is 14.9 Å². The Kier molecular flexibility index (Phi) is 30.1. The lowest BCUT2D eigenvalue weighted by Gasteiger charge is -2.32. The number of esters is 2. The molecule has 0 saturated carbocycles. The van der Waals surface area contributed by atoms with Crippen LogP contribution in [0.15, 0.2) is 48.6 Å². The third-order valence-corrected chi connectivity index (χ3v) is 9.90.